The molecule has 2 unspecified atom stereocenters. The van der Waals surface area contributed by atoms with Crippen molar-refractivity contribution < 1.29 is 14.6 Å². The molecular formula is C25H28N4O3S. The molecule has 4 rings (SSSR count). The number of phenols is 1. The first-order chi connectivity index (χ1) is 15.9. The Labute approximate surface area is 199 Å². The normalized spacial score (nSPS) is 17.8. The predicted octanol–water partition coefficient (Wildman–Crippen LogP) is 4.12. The highest BCUT2D eigenvalue weighted by atomic mass is 32.1. The van der Waals surface area contributed by atoms with E-state index in [0.29, 0.717) is 24.5 Å². The van der Waals surface area contributed by atoms with E-state index in [4.69, 9.17) is 17.0 Å². The minimum absolute atomic E-state index is 0.0814. The van der Waals surface area contributed by atoms with Gasteiger partial charge in [0.2, 0.25) is 0 Å². The maximum Gasteiger partial charge on any atom is 0.305 e. The van der Waals surface area contributed by atoms with Crippen LogP contribution in [-0.2, 0) is 9.53 Å². The number of hydrogen-bond donors (Lipinski definition) is 2. The Kier molecular flexibility index (Phi) is 6.65. The maximum absolute atomic E-state index is 11.7. The van der Waals surface area contributed by atoms with Crippen LogP contribution in [0, 0.1) is 13.8 Å². The molecule has 33 heavy (non-hydrogen) atoms. The first kappa shape index (κ1) is 22.8. The Morgan fingerprint density at radius 3 is 2.64 bits per heavy atom. The monoisotopic (exact) mass is 464 g/mol. The van der Waals surface area contributed by atoms with Gasteiger partial charge in [-0.25, -0.2) is 0 Å². The summed E-state index contributed by atoms with van der Waals surface area (Å²) in [5.74, 6) is 0.00943. The van der Waals surface area contributed by atoms with Crippen LogP contribution in [-0.4, -0.2) is 44.3 Å². The van der Waals surface area contributed by atoms with Crippen molar-refractivity contribution in [2.24, 2.45) is 0 Å². The van der Waals surface area contributed by atoms with Gasteiger partial charge in [0.1, 0.15) is 5.75 Å². The topological polar surface area (TPSA) is 79.6 Å². The summed E-state index contributed by atoms with van der Waals surface area (Å²) in [5.41, 5.74) is 5.21. The zero-order valence-electron chi connectivity index (χ0n) is 19.0. The molecule has 0 spiro atoms. The van der Waals surface area contributed by atoms with E-state index in [1.165, 1.54) is 7.11 Å². The highest BCUT2D eigenvalue weighted by molar-refractivity contribution is 7.80. The van der Waals surface area contributed by atoms with Crippen molar-refractivity contribution in [3.63, 3.8) is 0 Å². The first-order valence-corrected chi connectivity index (χ1v) is 11.3. The Bertz CT molecular complexity index is 1140. The first-order valence-electron chi connectivity index (χ1n) is 10.9. The number of nitrogens with zero attached hydrogens (tertiary/aromatic N) is 3. The number of aryl methyl sites for hydroxylation is 1. The van der Waals surface area contributed by atoms with Crippen molar-refractivity contribution in [1.29, 1.82) is 0 Å². The number of thiocarbonyl (C=S) groups is 1. The van der Waals surface area contributed by atoms with Crippen LogP contribution >= 0.6 is 12.2 Å². The minimum atomic E-state index is -0.226. The smallest absolute Gasteiger partial charge is 0.305 e. The van der Waals surface area contributed by atoms with Crippen molar-refractivity contribution in [2.75, 3.05) is 13.7 Å². The fourth-order valence-electron chi connectivity index (χ4n) is 4.57. The third kappa shape index (κ3) is 4.57. The van der Waals surface area contributed by atoms with Crippen molar-refractivity contribution >= 4 is 23.3 Å². The van der Waals surface area contributed by atoms with Crippen LogP contribution in [0.1, 0.15) is 47.6 Å². The number of pyridine rings is 1. The van der Waals surface area contributed by atoms with E-state index >= 15 is 0 Å². The second kappa shape index (κ2) is 9.62. The van der Waals surface area contributed by atoms with Gasteiger partial charge in [0.25, 0.3) is 0 Å². The molecule has 3 heterocycles. The number of carbonyl (C=O) groups is 1. The van der Waals surface area contributed by atoms with Crippen LogP contribution < -0.4 is 5.32 Å². The summed E-state index contributed by atoms with van der Waals surface area (Å²) in [6, 6.07) is 15.1. The van der Waals surface area contributed by atoms with E-state index < -0.39 is 0 Å². The molecule has 1 aliphatic heterocycles. The lowest BCUT2D eigenvalue weighted by molar-refractivity contribution is -0.140. The molecule has 8 heteroatoms. The lowest BCUT2D eigenvalue weighted by Crippen LogP contribution is -2.31. The van der Waals surface area contributed by atoms with Gasteiger partial charge in [-0.2, -0.15) is 0 Å². The summed E-state index contributed by atoms with van der Waals surface area (Å²) in [7, 11) is 1.41. The molecule has 1 fully saturated rings. The number of nitrogens with one attached hydrogen (secondary N) is 1. The Morgan fingerprint density at radius 1 is 1.21 bits per heavy atom. The molecule has 1 saturated heterocycles. The van der Waals surface area contributed by atoms with Gasteiger partial charge in [-0.15, -0.1) is 0 Å². The van der Waals surface area contributed by atoms with Crippen LogP contribution in [0.2, 0.25) is 0 Å². The third-order valence-corrected chi connectivity index (χ3v) is 6.45. The van der Waals surface area contributed by atoms with Crippen molar-refractivity contribution in [1.82, 2.24) is 19.8 Å². The van der Waals surface area contributed by atoms with E-state index in [9.17, 15) is 9.90 Å². The zero-order valence-corrected chi connectivity index (χ0v) is 19.8. The number of methoxy groups -OCH3 is 1. The molecule has 1 aliphatic rings. The summed E-state index contributed by atoms with van der Waals surface area (Å²) < 4.78 is 6.98. The minimum Gasteiger partial charge on any atom is -0.508 e. The molecule has 0 amide bonds. The van der Waals surface area contributed by atoms with Crippen LogP contribution in [0.15, 0.2) is 54.7 Å². The Morgan fingerprint density at radius 2 is 1.97 bits per heavy atom. The number of hydrogen-bond acceptors (Lipinski definition) is 5. The second-order valence-corrected chi connectivity index (χ2v) is 8.56. The maximum atomic E-state index is 11.7. The molecule has 0 aliphatic carbocycles. The number of phenolic OH excluding ortho intramolecular Hbond substituents is 1. The SMILES string of the molecule is COC(=O)CCCN1C(=S)NC(c2ccccn2)C1c1cc(C)n(-c2ccc(O)cc2)c1C. The standard InChI is InChI=1S/C25H28N4O3S/c1-16-15-20(17(2)29(16)18-9-11-19(30)12-10-18)24-23(21-7-4-5-13-26-21)27-25(33)28(24)14-6-8-22(31)32-3/h4-5,7,9-13,15,23-24,30H,6,8,14H2,1-3H3,(H,27,33). The molecule has 2 N–H and O–H groups in total. The molecule has 0 radical (unpaired) electrons. The number of aromatic nitrogens is 2. The fourth-order valence-corrected chi connectivity index (χ4v) is 4.90. The average molecular weight is 465 g/mol. The molecule has 7 nitrogen and oxygen atoms in total. The molecule has 172 valence electrons. The number of esters is 1. The lowest BCUT2D eigenvalue weighted by atomic mass is 9.96. The summed E-state index contributed by atoms with van der Waals surface area (Å²) in [4.78, 5) is 18.4. The predicted molar refractivity (Wildman–Crippen MR) is 130 cm³/mol. The van der Waals surface area contributed by atoms with Gasteiger partial charge in [0.15, 0.2) is 5.11 Å². The Hall–Kier alpha value is -3.39. The molecule has 2 aromatic heterocycles. The van der Waals surface area contributed by atoms with Gasteiger partial charge in [-0.05, 0) is 80.5 Å². The number of aromatic hydroxyl groups is 1. The van der Waals surface area contributed by atoms with Crippen LogP contribution in [0.5, 0.6) is 5.75 Å². The van der Waals surface area contributed by atoms with Gasteiger partial charge >= 0.3 is 5.97 Å². The fraction of sp³-hybridized carbons (Fsp3) is 0.320. The molecule has 1 aromatic carbocycles. The van der Waals surface area contributed by atoms with Gasteiger partial charge in [0.05, 0.1) is 24.9 Å². The highest BCUT2D eigenvalue weighted by Crippen LogP contribution is 2.41. The van der Waals surface area contributed by atoms with Crippen LogP contribution in [0.4, 0.5) is 0 Å². The summed E-state index contributed by atoms with van der Waals surface area (Å²) >= 11 is 5.73. The van der Waals surface area contributed by atoms with Crippen molar-refractivity contribution in [3.8, 4) is 11.4 Å². The van der Waals surface area contributed by atoms with Crippen LogP contribution in [0.3, 0.4) is 0 Å². The average Bonchev–Trinajstić information content (AvgIpc) is 3.30. The summed E-state index contributed by atoms with van der Waals surface area (Å²) in [5, 5.41) is 13.8. The molecule has 0 saturated carbocycles. The Balaban J connectivity index is 1.74. The van der Waals surface area contributed by atoms with E-state index in [0.717, 1.165) is 28.3 Å². The number of rotatable bonds is 7. The van der Waals surface area contributed by atoms with E-state index in [2.05, 4.69) is 39.7 Å². The molecular weight excluding hydrogens is 436 g/mol. The molecule has 0 bridgehead atoms. The molecule has 2 atom stereocenters. The summed E-state index contributed by atoms with van der Waals surface area (Å²) in [6.07, 6.45) is 2.76. The second-order valence-electron chi connectivity index (χ2n) is 8.18. The highest BCUT2D eigenvalue weighted by Gasteiger charge is 2.41. The summed E-state index contributed by atoms with van der Waals surface area (Å²) in [6.45, 7) is 4.79. The van der Waals surface area contributed by atoms with Crippen molar-refractivity contribution in [2.45, 2.75) is 38.8 Å². The van der Waals surface area contributed by atoms with Gasteiger partial charge in [0, 0.05) is 36.2 Å². The largest absolute Gasteiger partial charge is 0.508 e. The number of carbonyl (C=O) groups excluding carboxylic acids is 1. The lowest BCUT2D eigenvalue weighted by Gasteiger charge is -2.28. The van der Waals surface area contributed by atoms with Gasteiger partial charge in [-0.1, -0.05) is 6.07 Å². The number of benzene rings is 1. The quantitative estimate of drug-likeness (QED) is 0.402. The molecule has 3 aromatic rings. The van der Waals surface area contributed by atoms with Gasteiger partial charge < -0.3 is 24.6 Å². The number of ether oxygens (including phenoxy) is 1. The van der Waals surface area contributed by atoms with E-state index in [-0.39, 0.29) is 23.8 Å². The van der Waals surface area contributed by atoms with Gasteiger partial charge in [-0.3, -0.25) is 9.78 Å². The van der Waals surface area contributed by atoms with Crippen LogP contribution in [0.25, 0.3) is 5.69 Å². The van der Waals surface area contributed by atoms with E-state index in [1.807, 2.05) is 30.3 Å². The van der Waals surface area contributed by atoms with E-state index in [1.54, 1.807) is 18.3 Å². The third-order valence-electron chi connectivity index (χ3n) is 6.10. The van der Waals surface area contributed by atoms with Crippen molar-refractivity contribution in [3.05, 3.63) is 77.4 Å². The zero-order chi connectivity index (χ0) is 23.5.